The van der Waals surface area contributed by atoms with Crippen LogP contribution in [0.1, 0.15) is 17.2 Å². The van der Waals surface area contributed by atoms with E-state index < -0.39 is 6.10 Å². The number of rotatable bonds is 6. The van der Waals surface area contributed by atoms with Crippen LogP contribution < -0.4 is 11.1 Å². The number of benzene rings is 2. The number of hydrogen-bond acceptors (Lipinski definition) is 2. The van der Waals surface area contributed by atoms with E-state index in [-0.39, 0.29) is 42.3 Å². The van der Waals surface area contributed by atoms with E-state index in [1.54, 1.807) is 0 Å². The number of nitrogens with two attached hydrogens (primary N) is 1. The summed E-state index contributed by atoms with van der Waals surface area (Å²) < 4.78 is 12.8. The lowest BCUT2D eigenvalue weighted by molar-refractivity contribution is 0.187. The third-order valence-corrected chi connectivity index (χ3v) is 3.25. The van der Waals surface area contributed by atoms with Gasteiger partial charge < -0.3 is 16.2 Å². The monoisotopic (exact) mass is 429 g/mol. The van der Waals surface area contributed by atoms with Gasteiger partial charge in [-0.25, -0.2) is 4.39 Å². The highest BCUT2D eigenvalue weighted by Crippen LogP contribution is 2.13. The van der Waals surface area contributed by atoms with Crippen molar-refractivity contribution in [1.82, 2.24) is 5.32 Å². The number of aliphatic hydroxyl groups excluding tert-OH is 1. The molecule has 0 aromatic heterocycles. The molecule has 4 N–H and O–H groups in total. The highest BCUT2D eigenvalue weighted by atomic mass is 127. The second-order valence-electron chi connectivity index (χ2n) is 4.96. The molecule has 1 atom stereocenters. The Morgan fingerprint density at radius 2 is 1.78 bits per heavy atom. The number of hydrogen-bond donors (Lipinski definition) is 3. The van der Waals surface area contributed by atoms with Gasteiger partial charge in [0.25, 0.3) is 0 Å². The van der Waals surface area contributed by atoms with Crippen molar-refractivity contribution in [1.29, 1.82) is 0 Å². The first-order valence-electron chi connectivity index (χ1n) is 7.16. The summed E-state index contributed by atoms with van der Waals surface area (Å²) in [5, 5.41) is 13.0. The van der Waals surface area contributed by atoms with E-state index in [1.807, 2.05) is 30.3 Å². The van der Waals surface area contributed by atoms with E-state index in [0.717, 1.165) is 6.42 Å². The van der Waals surface area contributed by atoms with Gasteiger partial charge in [0.2, 0.25) is 0 Å². The second kappa shape index (κ2) is 10.2. The highest BCUT2D eigenvalue weighted by Gasteiger charge is 2.06. The number of nitrogens with zero attached hydrogens (tertiary/aromatic N) is 1. The Balaban J connectivity index is 0.00000264. The minimum atomic E-state index is -0.796. The number of aliphatic hydroxyl groups is 1. The SMILES string of the molecule is I.NC(=NCC(O)c1ccc(F)cc1)NCCc1ccccc1. The van der Waals surface area contributed by atoms with E-state index >= 15 is 0 Å². The summed E-state index contributed by atoms with van der Waals surface area (Å²) in [7, 11) is 0. The molecule has 0 saturated heterocycles. The number of halogens is 2. The van der Waals surface area contributed by atoms with Crippen molar-refractivity contribution in [3.63, 3.8) is 0 Å². The van der Waals surface area contributed by atoms with Gasteiger partial charge in [0.15, 0.2) is 5.96 Å². The molecule has 4 nitrogen and oxygen atoms in total. The van der Waals surface area contributed by atoms with Crippen LogP contribution in [-0.2, 0) is 6.42 Å². The maximum Gasteiger partial charge on any atom is 0.188 e. The van der Waals surface area contributed by atoms with Crippen LogP contribution in [0.2, 0.25) is 0 Å². The molecular formula is C17H21FIN3O. The first-order valence-corrected chi connectivity index (χ1v) is 7.16. The van der Waals surface area contributed by atoms with E-state index in [1.165, 1.54) is 29.8 Å². The normalized spacial score (nSPS) is 12.3. The minimum Gasteiger partial charge on any atom is -0.386 e. The van der Waals surface area contributed by atoms with Gasteiger partial charge in [-0.1, -0.05) is 42.5 Å². The van der Waals surface area contributed by atoms with E-state index in [2.05, 4.69) is 10.3 Å². The first-order chi connectivity index (χ1) is 10.6. The quantitative estimate of drug-likeness (QED) is 0.376. The molecule has 1 unspecified atom stereocenters. The van der Waals surface area contributed by atoms with Gasteiger partial charge in [-0.2, -0.15) is 0 Å². The van der Waals surface area contributed by atoms with Gasteiger partial charge in [-0.3, -0.25) is 4.99 Å². The van der Waals surface area contributed by atoms with Crippen molar-refractivity contribution in [2.75, 3.05) is 13.1 Å². The largest absolute Gasteiger partial charge is 0.386 e. The van der Waals surface area contributed by atoms with Crippen LogP contribution in [0.15, 0.2) is 59.6 Å². The van der Waals surface area contributed by atoms with Gasteiger partial charge >= 0.3 is 0 Å². The molecule has 0 heterocycles. The Morgan fingerprint density at radius 1 is 1.13 bits per heavy atom. The van der Waals surface area contributed by atoms with Crippen LogP contribution in [0.4, 0.5) is 4.39 Å². The summed E-state index contributed by atoms with van der Waals surface area (Å²) >= 11 is 0. The van der Waals surface area contributed by atoms with Crippen molar-refractivity contribution < 1.29 is 9.50 Å². The fraction of sp³-hybridized carbons (Fsp3) is 0.235. The zero-order valence-corrected chi connectivity index (χ0v) is 15.0. The maximum absolute atomic E-state index is 12.8. The molecule has 0 spiro atoms. The lowest BCUT2D eigenvalue weighted by atomic mass is 10.1. The first kappa shape index (κ1) is 19.4. The topological polar surface area (TPSA) is 70.6 Å². The van der Waals surface area contributed by atoms with Gasteiger partial charge in [0.1, 0.15) is 5.82 Å². The number of aliphatic imine (C=N–C) groups is 1. The standard InChI is InChI=1S/C17H20FN3O.HI/c18-15-8-6-14(7-9-15)16(22)12-21-17(19)20-11-10-13-4-2-1-3-5-13;/h1-9,16,22H,10-12H2,(H3,19,20,21);1H. The molecule has 0 amide bonds. The summed E-state index contributed by atoms with van der Waals surface area (Å²) in [6.07, 6.45) is 0.0486. The molecule has 0 radical (unpaired) electrons. The molecule has 0 saturated carbocycles. The summed E-state index contributed by atoms with van der Waals surface area (Å²) in [4.78, 5) is 4.09. The molecule has 2 aromatic carbocycles. The summed E-state index contributed by atoms with van der Waals surface area (Å²) in [6.45, 7) is 0.807. The molecule has 0 aliphatic carbocycles. The van der Waals surface area contributed by atoms with Crippen molar-refractivity contribution >= 4 is 29.9 Å². The third kappa shape index (κ3) is 6.96. The minimum absolute atomic E-state index is 0. The molecule has 0 fully saturated rings. The molecule has 23 heavy (non-hydrogen) atoms. The van der Waals surface area contributed by atoms with E-state index in [9.17, 15) is 9.50 Å². The fourth-order valence-corrected chi connectivity index (χ4v) is 2.01. The van der Waals surface area contributed by atoms with Gasteiger partial charge in [-0.15, -0.1) is 24.0 Å². The summed E-state index contributed by atoms with van der Waals surface area (Å²) in [6, 6.07) is 15.7. The molecule has 0 aliphatic heterocycles. The Kier molecular flexibility index (Phi) is 8.57. The predicted molar refractivity (Wildman–Crippen MR) is 101 cm³/mol. The Hall–Kier alpha value is -1.67. The third-order valence-electron chi connectivity index (χ3n) is 3.25. The van der Waals surface area contributed by atoms with Crippen LogP contribution >= 0.6 is 24.0 Å². The molecule has 0 bridgehead atoms. The average Bonchev–Trinajstić information content (AvgIpc) is 2.54. The van der Waals surface area contributed by atoms with Gasteiger partial charge in [0.05, 0.1) is 12.6 Å². The Bertz CT molecular complexity index is 605. The molecule has 6 heteroatoms. The zero-order valence-electron chi connectivity index (χ0n) is 12.7. The molecular weight excluding hydrogens is 408 g/mol. The molecule has 124 valence electrons. The van der Waals surface area contributed by atoms with Crippen LogP contribution in [0, 0.1) is 5.82 Å². The van der Waals surface area contributed by atoms with Crippen LogP contribution in [0.25, 0.3) is 0 Å². The van der Waals surface area contributed by atoms with Crippen molar-refractivity contribution in [2.45, 2.75) is 12.5 Å². The molecule has 2 rings (SSSR count). The predicted octanol–water partition coefficient (Wildman–Crippen LogP) is 2.62. The van der Waals surface area contributed by atoms with E-state index in [4.69, 9.17) is 5.73 Å². The summed E-state index contributed by atoms with van der Waals surface area (Å²) in [5.74, 6) is -0.0429. The second-order valence-corrected chi connectivity index (χ2v) is 4.96. The number of guanidine groups is 1. The Labute approximate surface area is 152 Å². The van der Waals surface area contributed by atoms with E-state index in [0.29, 0.717) is 12.1 Å². The highest BCUT2D eigenvalue weighted by molar-refractivity contribution is 14.0. The lowest BCUT2D eigenvalue weighted by Gasteiger charge is -2.10. The van der Waals surface area contributed by atoms with Crippen LogP contribution in [-0.4, -0.2) is 24.2 Å². The summed E-state index contributed by atoms with van der Waals surface area (Å²) in [5.41, 5.74) is 7.59. The molecule has 2 aromatic rings. The van der Waals surface area contributed by atoms with Crippen molar-refractivity contribution in [2.24, 2.45) is 10.7 Å². The maximum atomic E-state index is 12.8. The molecule has 0 aliphatic rings. The zero-order chi connectivity index (χ0) is 15.8. The average molecular weight is 429 g/mol. The van der Waals surface area contributed by atoms with Gasteiger partial charge in [-0.05, 0) is 29.7 Å². The Morgan fingerprint density at radius 3 is 2.43 bits per heavy atom. The van der Waals surface area contributed by atoms with Crippen LogP contribution in [0.5, 0.6) is 0 Å². The number of nitrogens with one attached hydrogen (secondary N) is 1. The smallest absolute Gasteiger partial charge is 0.188 e. The van der Waals surface area contributed by atoms with Gasteiger partial charge in [0, 0.05) is 6.54 Å². The van der Waals surface area contributed by atoms with Crippen LogP contribution in [0.3, 0.4) is 0 Å². The lowest BCUT2D eigenvalue weighted by Crippen LogP contribution is -2.33. The fourth-order valence-electron chi connectivity index (χ4n) is 2.01. The van der Waals surface area contributed by atoms with Crippen molar-refractivity contribution in [3.8, 4) is 0 Å². The van der Waals surface area contributed by atoms with Crippen molar-refractivity contribution in [3.05, 3.63) is 71.5 Å².